The number of halogens is 1. The number of pyridine rings is 1. The second kappa shape index (κ2) is 9.21. The Morgan fingerprint density at radius 2 is 1.79 bits per heavy atom. The van der Waals surface area contributed by atoms with Crippen LogP contribution < -0.4 is 5.32 Å². The standard InChI is InChI=1S/C20H22ClN5OS/c1-13(2)12-23-19(27)14(3)28-20-25-24-18(15-8-10-22-11-9-15)26(20)17-6-4-16(21)5-7-17/h4-11,13-14H,12H2,1-3H3,(H,23,27)/t14-/m0/s1. The summed E-state index contributed by atoms with van der Waals surface area (Å²) >= 11 is 7.42. The highest BCUT2D eigenvalue weighted by atomic mass is 35.5. The zero-order chi connectivity index (χ0) is 20.1. The van der Waals surface area contributed by atoms with Crippen LogP contribution in [0.3, 0.4) is 0 Å². The van der Waals surface area contributed by atoms with E-state index in [0.29, 0.717) is 28.5 Å². The number of thioether (sulfide) groups is 1. The Labute approximate surface area is 173 Å². The van der Waals surface area contributed by atoms with E-state index in [1.807, 2.05) is 47.9 Å². The average Bonchev–Trinajstić information content (AvgIpc) is 3.10. The van der Waals surface area contributed by atoms with Gasteiger partial charge < -0.3 is 5.32 Å². The second-order valence-corrected chi connectivity index (χ2v) is 8.50. The normalized spacial score (nSPS) is 12.2. The molecule has 0 saturated carbocycles. The van der Waals surface area contributed by atoms with Crippen LogP contribution in [0.15, 0.2) is 53.9 Å². The molecular formula is C20H22ClN5OS. The summed E-state index contributed by atoms with van der Waals surface area (Å²) in [5.74, 6) is 1.06. The van der Waals surface area contributed by atoms with Gasteiger partial charge in [0.15, 0.2) is 11.0 Å². The van der Waals surface area contributed by atoms with Crippen LogP contribution in [0.4, 0.5) is 0 Å². The molecule has 2 aromatic heterocycles. The summed E-state index contributed by atoms with van der Waals surface area (Å²) in [6, 6.07) is 11.2. The molecular weight excluding hydrogens is 394 g/mol. The molecule has 0 aliphatic carbocycles. The molecule has 8 heteroatoms. The van der Waals surface area contributed by atoms with Crippen LogP contribution in [-0.4, -0.2) is 37.5 Å². The number of carbonyl (C=O) groups is 1. The maximum absolute atomic E-state index is 12.4. The molecule has 28 heavy (non-hydrogen) atoms. The average molecular weight is 416 g/mol. The van der Waals surface area contributed by atoms with Crippen molar-refractivity contribution in [2.24, 2.45) is 5.92 Å². The van der Waals surface area contributed by atoms with Crippen LogP contribution >= 0.6 is 23.4 Å². The molecule has 3 rings (SSSR count). The SMILES string of the molecule is CC(C)CNC(=O)[C@H](C)Sc1nnc(-c2ccncc2)n1-c1ccc(Cl)cc1. The number of amides is 1. The fourth-order valence-corrected chi connectivity index (χ4v) is 3.54. The van der Waals surface area contributed by atoms with Crippen LogP contribution in [0.1, 0.15) is 20.8 Å². The number of hydrogen-bond donors (Lipinski definition) is 1. The van der Waals surface area contributed by atoms with Gasteiger partial charge in [-0.05, 0) is 49.2 Å². The zero-order valence-electron chi connectivity index (χ0n) is 16.0. The third-order valence-corrected chi connectivity index (χ3v) is 5.29. The Kier molecular flexibility index (Phi) is 6.70. The molecule has 0 aliphatic rings. The largest absolute Gasteiger partial charge is 0.355 e. The highest BCUT2D eigenvalue weighted by Crippen LogP contribution is 2.30. The van der Waals surface area contributed by atoms with Crippen molar-refractivity contribution in [3.05, 3.63) is 53.8 Å². The lowest BCUT2D eigenvalue weighted by atomic mass is 10.2. The van der Waals surface area contributed by atoms with Gasteiger partial charge in [-0.1, -0.05) is 37.2 Å². The quantitative estimate of drug-likeness (QED) is 0.584. The molecule has 2 heterocycles. The van der Waals surface area contributed by atoms with E-state index in [1.165, 1.54) is 11.8 Å². The van der Waals surface area contributed by atoms with Gasteiger partial charge in [-0.3, -0.25) is 14.3 Å². The van der Waals surface area contributed by atoms with E-state index in [-0.39, 0.29) is 11.2 Å². The van der Waals surface area contributed by atoms with Crippen molar-refractivity contribution >= 4 is 29.3 Å². The van der Waals surface area contributed by atoms with Crippen LogP contribution in [0.2, 0.25) is 5.02 Å². The highest BCUT2D eigenvalue weighted by molar-refractivity contribution is 8.00. The number of carbonyl (C=O) groups excluding carboxylic acids is 1. The van der Waals surface area contributed by atoms with E-state index >= 15 is 0 Å². The molecule has 1 N–H and O–H groups in total. The predicted molar refractivity (Wildman–Crippen MR) is 113 cm³/mol. The van der Waals surface area contributed by atoms with Crippen molar-refractivity contribution in [2.75, 3.05) is 6.54 Å². The van der Waals surface area contributed by atoms with Gasteiger partial charge in [0.05, 0.1) is 5.25 Å². The first-order valence-corrected chi connectivity index (χ1v) is 10.3. The molecule has 0 radical (unpaired) electrons. The molecule has 1 amide bonds. The van der Waals surface area contributed by atoms with Crippen molar-refractivity contribution < 1.29 is 4.79 Å². The number of rotatable bonds is 7. The van der Waals surface area contributed by atoms with E-state index in [2.05, 4.69) is 34.3 Å². The molecule has 0 saturated heterocycles. The summed E-state index contributed by atoms with van der Waals surface area (Å²) < 4.78 is 1.93. The Morgan fingerprint density at radius 3 is 2.43 bits per heavy atom. The smallest absolute Gasteiger partial charge is 0.233 e. The predicted octanol–water partition coefficient (Wildman–Crippen LogP) is 4.24. The maximum Gasteiger partial charge on any atom is 0.233 e. The Hall–Kier alpha value is -2.38. The Bertz CT molecular complexity index is 928. The molecule has 146 valence electrons. The van der Waals surface area contributed by atoms with Crippen molar-refractivity contribution in [3.63, 3.8) is 0 Å². The summed E-state index contributed by atoms with van der Waals surface area (Å²) in [4.78, 5) is 16.5. The Morgan fingerprint density at radius 1 is 1.11 bits per heavy atom. The lowest BCUT2D eigenvalue weighted by molar-refractivity contribution is -0.120. The minimum absolute atomic E-state index is 0.0187. The minimum Gasteiger partial charge on any atom is -0.355 e. The zero-order valence-corrected chi connectivity index (χ0v) is 17.5. The van der Waals surface area contributed by atoms with Gasteiger partial charge in [-0.15, -0.1) is 10.2 Å². The fraction of sp³-hybridized carbons (Fsp3) is 0.300. The first kappa shape index (κ1) is 20.4. The van der Waals surface area contributed by atoms with Crippen LogP contribution in [0, 0.1) is 5.92 Å². The number of benzene rings is 1. The van der Waals surface area contributed by atoms with Crippen LogP contribution in [-0.2, 0) is 4.79 Å². The molecule has 6 nitrogen and oxygen atoms in total. The molecule has 3 aromatic rings. The van der Waals surface area contributed by atoms with Gasteiger partial charge in [-0.25, -0.2) is 0 Å². The lowest BCUT2D eigenvalue weighted by Gasteiger charge is -2.14. The van der Waals surface area contributed by atoms with E-state index < -0.39 is 0 Å². The van der Waals surface area contributed by atoms with Gasteiger partial charge in [0, 0.05) is 35.2 Å². The third-order valence-electron chi connectivity index (χ3n) is 3.99. The first-order valence-electron chi connectivity index (χ1n) is 9.02. The monoisotopic (exact) mass is 415 g/mol. The summed E-state index contributed by atoms with van der Waals surface area (Å²) in [7, 11) is 0. The van der Waals surface area contributed by atoms with Crippen molar-refractivity contribution in [1.29, 1.82) is 0 Å². The first-order chi connectivity index (χ1) is 13.5. The fourth-order valence-electron chi connectivity index (χ4n) is 2.52. The van der Waals surface area contributed by atoms with Gasteiger partial charge in [0.25, 0.3) is 0 Å². The van der Waals surface area contributed by atoms with Crippen molar-refractivity contribution in [2.45, 2.75) is 31.2 Å². The molecule has 0 aliphatic heterocycles. The summed E-state index contributed by atoms with van der Waals surface area (Å²) in [6.45, 7) is 6.65. The van der Waals surface area contributed by atoms with Crippen LogP contribution in [0.25, 0.3) is 17.1 Å². The highest BCUT2D eigenvalue weighted by Gasteiger charge is 2.21. The number of aromatic nitrogens is 4. The summed E-state index contributed by atoms with van der Waals surface area (Å²) in [5.41, 5.74) is 1.76. The van der Waals surface area contributed by atoms with Gasteiger partial charge in [-0.2, -0.15) is 0 Å². The van der Waals surface area contributed by atoms with Crippen LogP contribution in [0.5, 0.6) is 0 Å². The maximum atomic E-state index is 12.4. The molecule has 1 aromatic carbocycles. The van der Waals surface area contributed by atoms with Crippen molar-refractivity contribution in [1.82, 2.24) is 25.1 Å². The van der Waals surface area contributed by atoms with E-state index in [1.54, 1.807) is 12.4 Å². The van der Waals surface area contributed by atoms with Gasteiger partial charge in [0.1, 0.15) is 0 Å². The van der Waals surface area contributed by atoms with E-state index in [0.717, 1.165) is 11.3 Å². The molecule has 0 bridgehead atoms. The number of hydrogen-bond acceptors (Lipinski definition) is 5. The molecule has 0 spiro atoms. The van der Waals surface area contributed by atoms with E-state index in [9.17, 15) is 4.79 Å². The lowest BCUT2D eigenvalue weighted by Crippen LogP contribution is -2.33. The second-order valence-electron chi connectivity index (χ2n) is 6.75. The van der Waals surface area contributed by atoms with Gasteiger partial charge >= 0.3 is 0 Å². The van der Waals surface area contributed by atoms with E-state index in [4.69, 9.17) is 11.6 Å². The Balaban J connectivity index is 1.94. The minimum atomic E-state index is -0.306. The van der Waals surface area contributed by atoms with Crippen molar-refractivity contribution in [3.8, 4) is 17.1 Å². The molecule has 0 fully saturated rings. The van der Waals surface area contributed by atoms with Gasteiger partial charge in [0.2, 0.25) is 5.91 Å². The molecule has 1 atom stereocenters. The third kappa shape index (κ3) is 4.91. The summed E-state index contributed by atoms with van der Waals surface area (Å²) in [5, 5.41) is 12.7. The molecule has 0 unspecified atom stereocenters. The topological polar surface area (TPSA) is 72.7 Å². The number of nitrogens with one attached hydrogen (secondary N) is 1. The number of nitrogens with zero attached hydrogens (tertiary/aromatic N) is 4. The summed E-state index contributed by atoms with van der Waals surface area (Å²) in [6.07, 6.45) is 3.43.